The molecule has 1 N–H and O–H groups in total. The molecule has 82 valence electrons. The van der Waals surface area contributed by atoms with Gasteiger partial charge in [0.1, 0.15) is 6.54 Å². The number of carbonyl (C=O) groups excluding carboxylic acids is 1. The molecular formula is C10H15N3O2. The second kappa shape index (κ2) is 4.72. The summed E-state index contributed by atoms with van der Waals surface area (Å²) < 4.78 is 1.16. The molecule has 1 heterocycles. The summed E-state index contributed by atoms with van der Waals surface area (Å²) in [6.07, 6.45) is 0. The molecule has 1 aromatic heterocycles. The number of hydrogen-bond donors (Lipinski definition) is 1. The Morgan fingerprint density at radius 2 is 2.20 bits per heavy atom. The van der Waals surface area contributed by atoms with E-state index in [1.165, 1.54) is 6.07 Å². The Morgan fingerprint density at radius 3 is 2.80 bits per heavy atom. The van der Waals surface area contributed by atoms with E-state index in [4.69, 9.17) is 0 Å². The first kappa shape index (κ1) is 11.4. The van der Waals surface area contributed by atoms with Crippen LogP contribution in [0.2, 0.25) is 0 Å². The van der Waals surface area contributed by atoms with E-state index < -0.39 is 0 Å². The minimum absolute atomic E-state index is 0.0291. The summed E-state index contributed by atoms with van der Waals surface area (Å²) >= 11 is 0. The average molecular weight is 209 g/mol. The molecule has 0 spiro atoms. The normalized spacial score (nSPS) is 10.4. The van der Waals surface area contributed by atoms with Gasteiger partial charge in [-0.15, -0.1) is 0 Å². The molecular weight excluding hydrogens is 194 g/mol. The third-order valence-corrected chi connectivity index (χ3v) is 1.74. The highest BCUT2D eigenvalue weighted by atomic mass is 16.2. The molecule has 15 heavy (non-hydrogen) atoms. The number of hydrogen-bond acceptors (Lipinski definition) is 3. The number of amides is 1. The Kier molecular flexibility index (Phi) is 3.60. The van der Waals surface area contributed by atoms with Crippen LogP contribution < -0.4 is 10.9 Å². The van der Waals surface area contributed by atoms with Crippen molar-refractivity contribution in [2.75, 3.05) is 0 Å². The molecule has 0 atom stereocenters. The fraction of sp³-hybridized carbons (Fsp3) is 0.500. The standard InChI is InChI=1S/C10H15N3O2/c1-7(2)11-9(14)6-13-10(15)5-4-8(3)12-13/h4-5,7H,6H2,1-3H3,(H,11,14). The van der Waals surface area contributed by atoms with Crippen molar-refractivity contribution < 1.29 is 4.79 Å². The van der Waals surface area contributed by atoms with E-state index in [2.05, 4.69) is 10.4 Å². The van der Waals surface area contributed by atoms with Crippen molar-refractivity contribution in [3.05, 3.63) is 28.2 Å². The van der Waals surface area contributed by atoms with Gasteiger partial charge in [-0.2, -0.15) is 5.10 Å². The van der Waals surface area contributed by atoms with E-state index in [1.54, 1.807) is 13.0 Å². The lowest BCUT2D eigenvalue weighted by Crippen LogP contribution is -2.36. The molecule has 1 rings (SSSR count). The Morgan fingerprint density at radius 1 is 1.53 bits per heavy atom. The lowest BCUT2D eigenvalue weighted by molar-refractivity contribution is -0.122. The Balaban J connectivity index is 2.76. The molecule has 0 radical (unpaired) electrons. The SMILES string of the molecule is Cc1ccc(=O)n(CC(=O)NC(C)C)n1. The average Bonchev–Trinajstić information content (AvgIpc) is 2.10. The zero-order valence-electron chi connectivity index (χ0n) is 9.15. The molecule has 0 unspecified atom stereocenters. The number of nitrogens with one attached hydrogen (secondary N) is 1. The Bertz CT molecular complexity index is 409. The van der Waals surface area contributed by atoms with Crippen LogP contribution in [0.5, 0.6) is 0 Å². The number of carbonyl (C=O) groups is 1. The van der Waals surface area contributed by atoms with Crippen LogP contribution >= 0.6 is 0 Å². The zero-order valence-corrected chi connectivity index (χ0v) is 9.15. The predicted molar refractivity (Wildman–Crippen MR) is 56.5 cm³/mol. The van der Waals surface area contributed by atoms with E-state index in [9.17, 15) is 9.59 Å². The van der Waals surface area contributed by atoms with E-state index in [-0.39, 0.29) is 24.1 Å². The quantitative estimate of drug-likeness (QED) is 0.766. The van der Waals surface area contributed by atoms with Crippen molar-refractivity contribution in [1.82, 2.24) is 15.1 Å². The Labute approximate surface area is 88.1 Å². The number of rotatable bonds is 3. The van der Waals surface area contributed by atoms with E-state index in [0.717, 1.165) is 4.68 Å². The topological polar surface area (TPSA) is 64.0 Å². The van der Waals surface area contributed by atoms with Gasteiger partial charge in [0.2, 0.25) is 5.91 Å². The highest BCUT2D eigenvalue weighted by Crippen LogP contribution is 1.86. The van der Waals surface area contributed by atoms with Gasteiger partial charge < -0.3 is 5.32 Å². The second-order valence-corrected chi connectivity index (χ2v) is 3.69. The van der Waals surface area contributed by atoms with E-state index >= 15 is 0 Å². The van der Waals surface area contributed by atoms with Gasteiger partial charge in [0, 0.05) is 12.1 Å². The molecule has 0 bridgehead atoms. The molecule has 5 nitrogen and oxygen atoms in total. The molecule has 0 aromatic carbocycles. The fourth-order valence-electron chi connectivity index (χ4n) is 1.17. The maximum Gasteiger partial charge on any atom is 0.267 e. The summed E-state index contributed by atoms with van der Waals surface area (Å²) in [4.78, 5) is 22.7. The first-order chi connectivity index (χ1) is 6.99. The van der Waals surface area contributed by atoms with Crippen molar-refractivity contribution >= 4 is 5.91 Å². The summed E-state index contributed by atoms with van der Waals surface area (Å²) in [5.74, 6) is -0.204. The summed E-state index contributed by atoms with van der Waals surface area (Å²) in [5.41, 5.74) is 0.450. The van der Waals surface area contributed by atoms with Gasteiger partial charge in [0.25, 0.3) is 5.56 Å². The Hall–Kier alpha value is -1.65. The molecule has 5 heteroatoms. The van der Waals surface area contributed by atoms with Crippen molar-refractivity contribution in [2.45, 2.75) is 33.4 Å². The molecule has 0 aliphatic rings. The lowest BCUT2D eigenvalue weighted by atomic mass is 10.4. The molecule has 1 aromatic rings. The van der Waals surface area contributed by atoms with Crippen molar-refractivity contribution in [1.29, 1.82) is 0 Å². The van der Waals surface area contributed by atoms with Gasteiger partial charge in [-0.3, -0.25) is 9.59 Å². The molecule has 0 saturated heterocycles. The first-order valence-electron chi connectivity index (χ1n) is 4.83. The highest BCUT2D eigenvalue weighted by Gasteiger charge is 2.06. The fourth-order valence-corrected chi connectivity index (χ4v) is 1.17. The smallest absolute Gasteiger partial charge is 0.267 e. The lowest BCUT2D eigenvalue weighted by Gasteiger charge is -2.09. The largest absolute Gasteiger partial charge is 0.352 e. The van der Waals surface area contributed by atoms with Crippen LogP contribution in [-0.4, -0.2) is 21.7 Å². The predicted octanol–water partition coefficient (Wildman–Crippen LogP) is 0.0763. The zero-order chi connectivity index (χ0) is 11.4. The maximum absolute atomic E-state index is 11.4. The van der Waals surface area contributed by atoms with Crippen LogP contribution in [0.1, 0.15) is 19.5 Å². The summed E-state index contributed by atoms with van der Waals surface area (Å²) in [5, 5.41) is 6.66. The van der Waals surface area contributed by atoms with E-state index in [1.807, 2.05) is 13.8 Å². The minimum Gasteiger partial charge on any atom is -0.352 e. The molecule has 0 fully saturated rings. The number of aromatic nitrogens is 2. The molecule has 1 amide bonds. The van der Waals surface area contributed by atoms with Gasteiger partial charge in [-0.1, -0.05) is 0 Å². The first-order valence-corrected chi connectivity index (χ1v) is 4.83. The van der Waals surface area contributed by atoms with Gasteiger partial charge in [-0.25, -0.2) is 4.68 Å². The van der Waals surface area contributed by atoms with Gasteiger partial charge in [0.05, 0.1) is 5.69 Å². The number of nitrogens with zero attached hydrogens (tertiary/aromatic N) is 2. The summed E-state index contributed by atoms with van der Waals surface area (Å²) in [7, 11) is 0. The van der Waals surface area contributed by atoms with Crippen molar-refractivity contribution in [3.8, 4) is 0 Å². The van der Waals surface area contributed by atoms with Crippen molar-refractivity contribution in [3.63, 3.8) is 0 Å². The maximum atomic E-state index is 11.4. The third kappa shape index (κ3) is 3.53. The molecule has 0 saturated carbocycles. The van der Waals surface area contributed by atoms with Gasteiger partial charge >= 0.3 is 0 Å². The molecule has 0 aliphatic carbocycles. The monoisotopic (exact) mass is 209 g/mol. The van der Waals surface area contributed by atoms with Crippen LogP contribution in [-0.2, 0) is 11.3 Å². The van der Waals surface area contributed by atoms with Crippen LogP contribution in [0.15, 0.2) is 16.9 Å². The number of aryl methyl sites for hydroxylation is 1. The van der Waals surface area contributed by atoms with Gasteiger partial charge in [-0.05, 0) is 26.8 Å². The summed E-state index contributed by atoms with van der Waals surface area (Å²) in [6.45, 7) is 5.48. The van der Waals surface area contributed by atoms with Crippen LogP contribution in [0.4, 0.5) is 0 Å². The van der Waals surface area contributed by atoms with Crippen LogP contribution in [0.25, 0.3) is 0 Å². The second-order valence-electron chi connectivity index (χ2n) is 3.69. The third-order valence-electron chi connectivity index (χ3n) is 1.74. The minimum atomic E-state index is -0.264. The van der Waals surface area contributed by atoms with Crippen LogP contribution in [0, 0.1) is 6.92 Å². The highest BCUT2D eigenvalue weighted by molar-refractivity contribution is 5.75. The summed E-state index contributed by atoms with van der Waals surface area (Å²) in [6, 6.07) is 3.10. The van der Waals surface area contributed by atoms with Crippen LogP contribution in [0.3, 0.4) is 0 Å². The van der Waals surface area contributed by atoms with E-state index in [0.29, 0.717) is 5.69 Å². The molecule has 0 aliphatic heterocycles. The van der Waals surface area contributed by atoms with Crippen molar-refractivity contribution in [2.24, 2.45) is 0 Å². The van der Waals surface area contributed by atoms with Gasteiger partial charge in [0.15, 0.2) is 0 Å².